The highest BCUT2D eigenvalue weighted by Gasteiger charge is 2.28. The first-order valence-electron chi connectivity index (χ1n) is 9.61. The first-order valence-corrected chi connectivity index (χ1v) is 9.61. The zero-order chi connectivity index (χ0) is 19.1. The Morgan fingerprint density at radius 3 is 2.74 bits per heavy atom. The van der Waals surface area contributed by atoms with Gasteiger partial charge in [-0.2, -0.15) is 0 Å². The highest BCUT2D eigenvalue weighted by atomic mass is 16.5. The van der Waals surface area contributed by atoms with Gasteiger partial charge in [-0.1, -0.05) is 30.7 Å². The fourth-order valence-electron chi connectivity index (χ4n) is 3.63. The molecule has 0 saturated carbocycles. The molecule has 1 heterocycles. The van der Waals surface area contributed by atoms with Crippen LogP contribution in [0.15, 0.2) is 48.5 Å². The van der Waals surface area contributed by atoms with E-state index in [2.05, 4.69) is 10.2 Å². The third-order valence-electron chi connectivity index (χ3n) is 5.05. The summed E-state index contributed by atoms with van der Waals surface area (Å²) in [4.78, 5) is 15.0. The number of aliphatic hydroxyl groups is 1. The van der Waals surface area contributed by atoms with E-state index in [1.54, 1.807) is 7.11 Å². The maximum atomic E-state index is 12.9. The molecule has 1 aliphatic heterocycles. The van der Waals surface area contributed by atoms with E-state index in [0.717, 1.165) is 54.9 Å². The van der Waals surface area contributed by atoms with Crippen LogP contribution in [0, 0.1) is 0 Å². The molecule has 2 aromatic rings. The van der Waals surface area contributed by atoms with Crippen LogP contribution in [0.25, 0.3) is 11.1 Å². The summed E-state index contributed by atoms with van der Waals surface area (Å²) in [6.07, 6.45) is 3.75. The highest BCUT2D eigenvalue weighted by Crippen LogP contribution is 2.26. The van der Waals surface area contributed by atoms with Gasteiger partial charge in [0, 0.05) is 18.8 Å². The molecule has 0 radical (unpaired) electrons. The second-order valence-corrected chi connectivity index (χ2v) is 6.93. The number of hydrogen-bond acceptors (Lipinski definition) is 4. The van der Waals surface area contributed by atoms with Crippen LogP contribution >= 0.6 is 0 Å². The monoisotopic (exact) mass is 368 g/mol. The molecular formula is C22H28N2O3. The van der Waals surface area contributed by atoms with Gasteiger partial charge in [-0.25, -0.2) is 0 Å². The van der Waals surface area contributed by atoms with E-state index in [4.69, 9.17) is 9.84 Å². The third-order valence-corrected chi connectivity index (χ3v) is 5.05. The Morgan fingerprint density at radius 1 is 1.19 bits per heavy atom. The van der Waals surface area contributed by atoms with E-state index in [9.17, 15) is 4.79 Å². The first-order chi connectivity index (χ1) is 13.2. The van der Waals surface area contributed by atoms with Crippen molar-refractivity contribution in [2.45, 2.75) is 31.7 Å². The number of hydrogen-bond donors (Lipinski definition) is 2. The molecule has 5 heteroatoms. The number of aliphatic hydroxyl groups excluding tert-OH is 1. The molecule has 0 aromatic heterocycles. The number of piperidine rings is 1. The van der Waals surface area contributed by atoms with Crippen molar-refractivity contribution >= 4 is 11.6 Å². The molecule has 1 fully saturated rings. The van der Waals surface area contributed by atoms with Crippen LogP contribution in [0.4, 0.5) is 5.69 Å². The average Bonchev–Trinajstić information content (AvgIpc) is 2.72. The van der Waals surface area contributed by atoms with E-state index < -0.39 is 0 Å². The minimum absolute atomic E-state index is 0.0374. The number of benzene rings is 2. The van der Waals surface area contributed by atoms with E-state index >= 15 is 0 Å². The van der Waals surface area contributed by atoms with E-state index in [0.29, 0.717) is 6.42 Å². The number of likely N-dealkylation sites (tertiary alicyclic amines) is 1. The number of carbonyl (C=O) groups excluding carboxylic acids is 1. The normalized spacial score (nSPS) is 17.5. The molecule has 27 heavy (non-hydrogen) atoms. The summed E-state index contributed by atoms with van der Waals surface area (Å²) in [5.74, 6) is 0.846. The molecule has 1 atom stereocenters. The quantitative estimate of drug-likeness (QED) is 0.785. The number of rotatable bonds is 7. The van der Waals surface area contributed by atoms with Crippen molar-refractivity contribution in [3.8, 4) is 16.9 Å². The maximum Gasteiger partial charge on any atom is 0.241 e. The molecule has 5 nitrogen and oxygen atoms in total. The van der Waals surface area contributed by atoms with Crippen LogP contribution < -0.4 is 10.1 Å². The molecule has 0 bridgehead atoms. The van der Waals surface area contributed by atoms with E-state index in [1.807, 2.05) is 48.5 Å². The summed E-state index contributed by atoms with van der Waals surface area (Å²) in [7, 11) is 1.66. The number of amides is 1. The number of anilines is 1. The van der Waals surface area contributed by atoms with Crippen molar-refractivity contribution in [3.63, 3.8) is 0 Å². The zero-order valence-electron chi connectivity index (χ0n) is 15.9. The van der Waals surface area contributed by atoms with Crippen LogP contribution in [-0.2, 0) is 4.79 Å². The summed E-state index contributed by atoms with van der Waals surface area (Å²) < 4.78 is 5.30. The lowest BCUT2D eigenvalue weighted by atomic mass is 10.0. The Hall–Kier alpha value is -2.37. The second kappa shape index (κ2) is 9.53. The molecular weight excluding hydrogens is 340 g/mol. The summed E-state index contributed by atoms with van der Waals surface area (Å²) in [6, 6.07) is 15.7. The second-order valence-electron chi connectivity index (χ2n) is 6.93. The molecule has 1 amide bonds. The largest absolute Gasteiger partial charge is 0.497 e. The van der Waals surface area contributed by atoms with Gasteiger partial charge in [-0.3, -0.25) is 9.69 Å². The number of nitrogens with one attached hydrogen (secondary N) is 1. The van der Waals surface area contributed by atoms with Crippen LogP contribution in [0.2, 0.25) is 0 Å². The maximum absolute atomic E-state index is 12.9. The SMILES string of the molecule is COc1cccc(-c2cccc(NC(=O)C3CCCCN3CCCO)c2)c1. The molecule has 1 saturated heterocycles. The van der Waals surface area contributed by atoms with Crippen molar-refractivity contribution < 1.29 is 14.6 Å². The number of nitrogens with zero attached hydrogens (tertiary/aromatic N) is 1. The minimum atomic E-state index is -0.120. The summed E-state index contributed by atoms with van der Waals surface area (Å²) in [6.45, 7) is 1.84. The molecule has 1 unspecified atom stereocenters. The number of ether oxygens (including phenoxy) is 1. The van der Waals surface area contributed by atoms with Gasteiger partial charge in [-0.15, -0.1) is 0 Å². The van der Waals surface area contributed by atoms with Crippen LogP contribution in [0.5, 0.6) is 5.75 Å². The lowest BCUT2D eigenvalue weighted by Gasteiger charge is -2.34. The first kappa shape index (κ1) is 19.4. The number of methoxy groups -OCH3 is 1. The predicted octanol–water partition coefficient (Wildman–Crippen LogP) is 3.54. The van der Waals surface area contributed by atoms with Crippen molar-refractivity contribution in [2.75, 3.05) is 32.1 Å². The Kier molecular flexibility index (Phi) is 6.85. The Bertz CT molecular complexity index is 763. The molecule has 0 spiro atoms. The van der Waals surface area contributed by atoms with E-state index in [1.165, 1.54) is 0 Å². The van der Waals surface area contributed by atoms with Gasteiger partial charge in [-0.05, 0) is 61.2 Å². The van der Waals surface area contributed by atoms with Crippen molar-refractivity contribution in [2.24, 2.45) is 0 Å². The van der Waals surface area contributed by atoms with Crippen molar-refractivity contribution in [1.82, 2.24) is 4.90 Å². The molecule has 1 aliphatic rings. The zero-order valence-corrected chi connectivity index (χ0v) is 15.9. The van der Waals surface area contributed by atoms with Gasteiger partial charge in [0.2, 0.25) is 5.91 Å². The van der Waals surface area contributed by atoms with Gasteiger partial charge in [0.05, 0.1) is 13.2 Å². The fourth-order valence-corrected chi connectivity index (χ4v) is 3.63. The molecule has 0 aliphatic carbocycles. The number of carbonyl (C=O) groups is 1. The van der Waals surface area contributed by atoms with Crippen LogP contribution in [0.3, 0.4) is 0 Å². The van der Waals surface area contributed by atoms with Gasteiger partial charge < -0.3 is 15.2 Å². The predicted molar refractivity (Wildman–Crippen MR) is 108 cm³/mol. The van der Waals surface area contributed by atoms with E-state index in [-0.39, 0.29) is 18.6 Å². The molecule has 3 rings (SSSR count). The van der Waals surface area contributed by atoms with Crippen molar-refractivity contribution in [3.05, 3.63) is 48.5 Å². The van der Waals surface area contributed by atoms with Crippen LogP contribution in [0.1, 0.15) is 25.7 Å². The minimum Gasteiger partial charge on any atom is -0.497 e. The lowest BCUT2D eigenvalue weighted by Crippen LogP contribution is -2.47. The Balaban J connectivity index is 1.72. The van der Waals surface area contributed by atoms with Gasteiger partial charge in [0.15, 0.2) is 0 Å². The molecule has 2 aromatic carbocycles. The van der Waals surface area contributed by atoms with Gasteiger partial charge >= 0.3 is 0 Å². The summed E-state index contributed by atoms with van der Waals surface area (Å²) in [5.41, 5.74) is 2.88. The Morgan fingerprint density at radius 2 is 1.96 bits per heavy atom. The molecule has 144 valence electrons. The standard InChI is InChI=1S/C22H28N2O3/c1-27-20-10-5-8-18(16-20)17-7-4-9-19(15-17)23-22(26)21-11-2-3-12-24(21)13-6-14-25/h4-5,7-10,15-16,21,25H,2-3,6,11-14H2,1H3,(H,23,26). The highest BCUT2D eigenvalue weighted by molar-refractivity contribution is 5.95. The third kappa shape index (κ3) is 5.08. The fraction of sp³-hybridized carbons (Fsp3) is 0.409. The van der Waals surface area contributed by atoms with Crippen LogP contribution in [-0.4, -0.2) is 48.8 Å². The van der Waals surface area contributed by atoms with Gasteiger partial charge in [0.1, 0.15) is 5.75 Å². The topological polar surface area (TPSA) is 61.8 Å². The summed E-state index contributed by atoms with van der Waals surface area (Å²) in [5, 5.41) is 12.2. The molecule has 2 N–H and O–H groups in total. The van der Waals surface area contributed by atoms with Gasteiger partial charge in [0.25, 0.3) is 0 Å². The summed E-state index contributed by atoms with van der Waals surface area (Å²) >= 11 is 0. The lowest BCUT2D eigenvalue weighted by molar-refractivity contribution is -0.122. The smallest absolute Gasteiger partial charge is 0.241 e. The Labute approximate surface area is 161 Å². The average molecular weight is 368 g/mol. The van der Waals surface area contributed by atoms with Crippen molar-refractivity contribution in [1.29, 1.82) is 0 Å².